The van der Waals surface area contributed by atoms with E-state index in [1.165, 1.54) is 0 Å². The predicted octanol–water partition coefficient (Wildman–Crippen LogP) is 2.44. The molecule has 0 atom stereocenters. The van der Waals surface area contributed by atoms with Crippen LogP contribution in [0.1, 0.15) is 0 Å². The first-order valence-corrected chi connectivity index (χ1v) is 4.11. The van der Waals surface area contributed by atoms with Crippen LogP contribution in [0.3, 0.4) is 0 Å². The highest BCUT2D eigenvalue weighted by atomic mass is 35.5. The van der Waals surface area contributed by atoms with Gasteiger partial charge in [-0.1, -0.05) is 34.8 Å². The molecule has 0 amide bonds. The van der Waals surface area contributed by atoms with Gasteiger partial charge in [0, 0.05) is 5.02 Å². The van der Waals surface area contributed by atoms with Crippen LogP contribution in [0.5, 0.6) is 0 Å². The summed E-state index contributed by atoms with van der Waals surface area (Å²) in [5.41, 5.74) is 0. The zero-order chi connectivity index (χ0) is 7.72. The molecule has 0 saturated carbocycles. The van der Waals surface area contributed by atoms with Crippen LogP contribution in [-0.2, 0) is 0 Å². The highest BCUT2D eigenvalue weighted by Crippen LogP contribution is 2.21. The van der Waals surface area contributed by atoms with Crippen LogP contribution >= 0.6 is 34.8 Å². The summed E-state index contributed by atoms with van der Waals surface area (Å²) < 4.78 is 0. The Labute approximate surface area is 77.5 Å². The summed E-state index contributed by atoms with van der Waals surface area (Å²) in [7, 11) is 3.23. The number of benzene rings is 1. The minimum atomic E-state index is 0.450. The Balaban J connectivity index is 3.34. The SMILES string of the molecule is [Si]c1c(Cl)ccc(Cl)c1Cl. The van der Waals surface area contributed by atoms with Crippen LogP contribution in [0.25, 0.3) is 0 Å². The van der Waals surface area contributed by atoms with Crippen molar-refractivity contribution < 1.29 is 0 Å². The average Bonchev–Trinajstić information content (AvgIpc) is 1.93. The Morgan fingerprint density at radius 2 is 1.50 bits per heavy atom. The van der Waals surface area contributed by atoms with E-state index in [1.807, 2.05) is 0 Å². The van der Waals surface area contributed by atoms with Crippen LogP contribution in [0.2, 0.25) is 15.1 Å². The molecular weight excluding hydrogens is 207 g/mol. The van der Waals surface area contributed by atoms with Crippen LogP contribution in [0.15, 0.2) is 12.1 Å². The highest BCUT2D eigenvalue weighted by Gasteiger charge is 2.03. The Morgan fingerprint density at radius 1 is 1.00 bits per heavy atom. The van der Waals surface area contributed by atoms with E-state index in [2.05, 4.69) is 10.2 Å². The van der Waals surface area contributed by atoms with Crippen molar-refractivity contribution in [2.45, 2.75) is 0 Å². The van der Waals surface area contributed by atoms with Gasteiger partial charge in [-0.25, -0.2) is 0 Å². The third kappa shape index (κ3) is 1.48. The lowest BCUT2D eigenvalue weighted by molar-refractivity contribution is 1.76. The normalized spacial score (nSPS) is 10.0. The summed E-state index contributed by atoms with van der Waals surface area (Å²) in [4.78, 5) is 0. The second-order valence-electron chi connectivity index (χ2n) is 1.72. The van der Waals surface area contributed by atoms with Gasteiger partial charge in [0.05, 0.1) is 20.3 Å². The molecule has 0 aliphatic rings. The molecule has 0 fully saturated rings. The molecule has 1 aromatic rings. The fraction of sp³-hybridized carbons (Fsp3) is 0. The van der Waals surface area contributed by atoms with E-state index in [9.17, 15) is 0 Å². The maximum Gasteiger partial charge on any atom is 0.0754 e. The third-order valence-corrected chi connectivity index (χ3v) is 3.00. The van der Waals surface area contributed by atoms with Crippen LogP contribution in [0.4, 0.5) is 0 Å². The van der Waals surface area contributed by atoms with Crippen LogP contribution in [-0.4, -0.2) is 10.2 Å². The summed E-state index contributed by atoms with van der Waals surface area (Å²) >= 11 is 17.1. The molecule has 0 heterocycles. The number of hydrogen-bond donors (Lipinski definition) is 0. The molecule has 0 saturated heterocycles. The third-order valence-electron chi connectivity index (χ3n) is 1.04. The first kappa shape index (κ1) is 8.40. The maximum atomic E-state index is 5.72. The van der Waals surface area contributed by atoms with Gasteiger partial charge in [-0.3, -0.25) is 0 Å². The average molecular weight is 209 g/mol. The Hall–Kier alpha value is 0.307. The molecular formula is C6H2Cl3Si. The van der Waals surface area contributed by atoms with Gasteiger partial charge in [-0.05, 0) is 17.3 Å². The van der Waals surface area contributed by atoms with Gasteiger partial charge in [0.2, 0.25) is 0 Å². The zero-order valence-corrected chi connectivity index (χ0v) is 8.06. The van der Waals surface area contributed by atoms with E-state index in [4.69, 9.17) is 34.8 Å². The van der Waals surface area contributed by atoms with Crippen molar-refractivity contribution in [1.82, 2.24) is 0 Å². The second kappa shape index (κ2) is 3.14. The summed E-state index contributed by atoms with van der Waals surface area (Å²) in [6, 6.07) is 3.33. The van der Waals surface area contributed by atoms with E-state index in [0.717, 1.165) is 0 Å². The molecule has 0 N–H and O–H groups in total. The maximum absolute atomic E-state index is 5.72. The van der Waals surface area contributed by atoms with Gasteiger partial charge in [0.1, 0.15) is 0 Å². The summed E-state index contributed by atoms with van der Waals surface area (Å²) in [6.07, 6.45) is 0. The molecule has 1 aromatic carbocycles. The van der Waals surface area contributed by atoms with E-state index in [-0.39, 0.29) is 0 Å². The Kier molecular flexibility index (Phi) is 2.64. The quantitative estimate of drug-likeness (QED) is 0.454. The fourth-order valence-electron chi connectivity index (χ4n) is 0.527. The topological polar surface area (TPSA) is 0 Å². The smallest absolute Gasteiger partial charge is 0.0754 e. The largest absolute Gasteiger partial charge is 0.0844 e. The molecule has 3 radical (unpaired) electrons. The van der Waals surface area contributed by atoms with E-state index in [1.54, 1.807) is 12.1 Å². The molecule has 0 nitrogen and oxygen atoms in total. The van der Waals surface area contributed by atoms with Crippen molar-refractivity contribution >= 4 is 50.2 Å². The summed E-state index contributed by atoms with van der Waals surface area (Å²) in [5.74, 6) is 0. The van der Waals surface area contributed by atoms with Crippen molar-refractivity contribution in [2.24, 2.45) is 0 Å². The molecule has 51 valence electrons. The van der Waals surface area contributed by atoms with E-state index < -0.39 is 0 Å². The lowest BCUT2D eigenvalue weighted by Crippen LogP contribution is -2.05. The van der Waals surface area contributed by atoms with E-state index in [0.29, 0.717) is 20.3 Å². The van der Waals surface area contributed by atoms with Crippen molar-refractivity contribution in [3.05, 3.63) is 27.2 Å². The van der Waals surface area contributed by atoms with Crippen LogP contribution in [0, 0.1) is 0 Å². The van der Waals surface area contributed by atoms with Crippen LogP contribution < -0.4 is 5.19 Å². The van der Waals surface area contributed by atoms with Crippen molar-refractivity contribution in [2.75, 3.05) is 0 Å². The van der Waals surface area contributed by atoms with Crippen molar-refractivity contribution in [3.8, 4) is 0 Å². The minimum absolute atomic E-state index is 0.450. The summed E-state index contributed by atoms with van der Waals surface area (Å²) in [6.45, 7) is 0. The van der Waals surface area contributed by atoms with Gasteiger partial charge in [-0.2, -0.15) is 0 Å². The monoisotopic (exact) mass is 207 g/mol. The fourth-order valence-corrected chi connectivity index (χ4v) is 1.35. The molecule has 0 aliphatic heterocycles. The first-order chi connectivity index (χ1) is 4.63. The molecule has 0 spiro atoms. The number of hydrogen-bond acceptors (Lipinski definition) is 0. The van der Waals surface area contributed by atoms with Gasteiger partial charge in [-0.15, -0.1) is 0 Å². The summed E-state index contributed by atoms with van der Waals surface area (Å²) in [5, 5.41) is 2.14. The van der Waals surface area contributed by atoms with E-state index >= 15 is 0 Å². The molecule has 1 rings (SSSR count). The molecule has 0 aliphatic carbocycles. The van der Waals surface area contributed by atoms with Crippen molar-refractivity contribution in [1.29, 1.82) is 0 Å². The van der Waals surface area contributed by atoms with Crippen molar-refractivity contribution in [3.63, 3.8) is 0 Å². The first-order valence-electron chi connectivity index (χ1n) is 2.48. The molecule has 10 heavy (non-hydrogen) atoms. The van der Waals surface area contributed by atoms with Gasteiger partial charge < -0.3 is 0 Å². The Morgan fingerprint density at radius 3 is 2.00 bits per heavy atom. The molecule has 4 heteroatoms. The molecule has 0 bridgehead atoms. The highest BCUT2D eigenvalue weighted by molar-refractivity contribution is 6.54. The minimum Gasteiger partial charge on any atom is -0.0844 e. The molecule has 0 unspecified atom stereocenters. The number of rotatable bonds is 0. The zero-order valence-electron chi connectivity index (χ0n) is 4.79. The second-order valence-corrected chi connectivity index (χ2v) is 3.41. The Bertz CT molecular complexity index is 232. The lowest BCUT2D eigenvalue weighted by atomic mass is 10.3. The standard InChI is InChI=1S/C6H2Cl3Si/c7-3-1-2-4(8)6(10)5(3)9/h1-2H. The predicted molar refractivity (Wildman–Crippen MR) is 46.9 cm³/mol. The number of halogens is 3. The van der Waals surface area contributed by atoms with Gasteiger partial charge in [0.25, 0.3) is 0 Å². The van der Waals surface area contributed by atoms with Gasteiger partial charge >= 0.3 is 0 Å². The molecule has 0 aromatic heterocycles. The van der Waals surface area contributed by atoms with Gasteiger partial charge in [0.15, 0.2) is 0 Å². The lowest BCUT2D eigenvalue weighted by Gasteiger charge is -2.00.